The van der Waals surface area contributed by atoms with Crippen molar-refractivity contribution in [2.75, 3.05) is 32.7 Å². The maximum absolute atomic E-state index is 12.3. The smallest absolute Gasteiger partial charge is 0.220 e. The van der Waals surface area contributed by atoms with Gasteiger partial charge in [-0.2, -0.15) is 4.31 Å². The topological polar surface area (TPSA) is 79.5 Å². The van der Waals surface area contributed by atoms with Gasteiger partial charge in [-0.25, -0.2) is 12.8 Å². The Balaban J connectivity index is 1.48. The van der Waals surface area contributed by atoms with E-state index >= 15 is 0 Å². The molecule has 0 bridgehead atoms. The largest absolute Gasteiger partial charge is 0.364 e. The first-order chi connectivity index (χ1) is 10.6. The summed E-state index contributed by atoms with van der Waals surface area (Å²) in [5, 5.41) is 3.67. The molecule has 22 heavy (non-hydrogen) atoms. The molecule has 1 aliphatic rings. The number of aromatic nitrogens is 2. The van der Waals surface area contributed by atoms with Crippen LogP contribution >= 0.6 is 11.5 Å². The zero-order valence-corrected chi connectivity index (χ0v) is 13.7. The van der Waals surface area contributed by atoms with Gasteiger partial charge in [0.15, 0.2) is 0 Å². The molecule has 2 aromatic heterocycles. The minimum atomic E-state index is -3.31. The highest BCUT2D eigenvalue weighted by Gasteiger charge is 2.27. The molecule has 0 atom stereocenters. The average Bonchev–Trinajstić information content (AvgIpc) is 3.18. The summed E-state index contributed by atoms with van der Waals surface area (Å²) in [6.45, 7) is 3.53. The van der Waals surface area contributed by atoms with Gasteiger partial charge >= 0.3 is 0 Å². The standard InChI is InChI=1S/C13H18N4O3S2/c18-22(19,11-12-3-10-20-15-12)17-8-6-16(7-9-17)5-2-13-1-4-14-21-13/h1,3-4,10H,2,5-9,11H2. The van der Waals surface area contributed by atoms with Crippen molar-refractivity contribution in [1.29, 1.82) is 0 Å². The van der Waals surface area contributed by atoms with Crippen LogP contribution in [0.15, 0.2) is 29.1 Å². The zero-order chi connectivity index (χ0) is 15.4. The second kappa shape index (κ2) is 6.86. The fourth-order valence-corrected chi connectivity index (χ4v) is 4.45. The van der Waals surface area contributed by atoms with Crippen LogP contribution in [0.5, 0.6) is 0 Å². The second-order valence-corrected chi connectivity index (χ2v) is 8.10. The zero-order valence-electron chi connectivity index (χ0n) is 12.1. The molecular weight excluding hydrogens is 324 g/mol. The fraction of sp³-hybridized carbons (Fsp3) is 0.538. The van der Waals surface area contributed by atoms with Gasteiger partial charge in [0.25, 0.3) is 0 Å². The van der Waals surface area contributed by atoms with E-state index in [1.54, 1.807) is 10.4 Å². The van der Waals surface area contributed by atoms with Crippen LogP contribution in [-0.2, 0) is 22.2 Å². The lowest BCUT2D eigenvalue weighted by atomic mass is 10.3. The van der Waals surface area contributed by atoms with E-state index < -0.39 is 10.0 Å². The summed E-state index contributed by atoms with van der Waals surface area (Å²) >= 11 is 1.52. The van der Waals surface area contributed by atoms with Gasteiger partial charge in [-0.15, -0.1) is 0 Å². The number of hydrogen-bond acceptors (Lipinski definition) is 7. The molecule has 0 N–H and O–H groups in total. The average molecular weight is 342 g/mol. The number of nitrogens with zero attached hydrogens (tertiary/aromatic N) is 4. The molecule has 7 nitrogen and oxygen atoms in total. The molecule has 1 saturated heterocycles. The SMILES string of the molecule is O=S(=O)(Cc1ccon1)N1CCN(CCc2ccns2)CC1. The molecule has 0 saturated carbocycles. The molecule has 0 spiro atoms. The van der Waals surface area contributed by atoms with Gasteiger partial charge in [-0.05, 0) is 24.0 Å². The van der Waals surface area contributed by atoms with E-state index in [-0.39, 0.29) is 5.75 Å². The summed E-state index contributed by atoms with van der Waals surface area (Å²) in [5.74, 6) is -0.0929. The molecule has 1 aliphatic heterocycles. The van der Waals surface area contributed by atoms with E-state index in [4.69, 9.17) is 0 Å². The lowest BCUT2D eigenvalue weighted by molar-refractivity contribution is 0.190. The number of piperazine rings is 1. The molecule has 0 radical (unpaired) electrons. The highest BCUT2D eigenvalue weighted by Crippen LogP contribution is 2.13. The number of hydrogen-bond donors (Lipinski definition) is 0. The van der Waals surface area contributed by atoms with Gasteiger partial charge in [0.2, 0.25) is 10.0 Å². The molecule has 0 aliphatic carbocycles. The van der Waals surface area contributed by atoms with Crippen LogP contribution < -0.4 is 0 Å². The van der Waals surface area contributed by atoms with E-state index in [0.29, 0.717) is 18.8 Å². The van der Waals surface area contributed by atoms with Gasteiger partial charge in [0, 0.05) is 49.9 Å². The molecule has 0 unspecified atom stereocenters. The van der Waals surface area contributed by atoms with Crippen molar-refractivity contribution in [3.63, 3.8) is 0 Å². The highest BCUT2D eigenvalue weighted by atomic mass is 32.2. The van der Waals surface area contributed by atoms with Gasteiger partial charge in [-0.3, -0.25) is 0 Å². The predicted molar refractivity (Wildman–Crippen MR) is 83.0 cm³/mol. The van der Waals surface area contributed by atoms with E-state index in [2.05, 4.69) is 19.0 Å². The first-order valence-electron chi connectivity index (χ1n) is 7.12. The Bertz CT molecular complexity index is 662. The van der Waals surface area contributed by atoms with Crippen LogP contribution in [0.4, 0.5) is 0 Å². The van der Waals surface area contributed by atoms with E-state index in [0.717, 1.165) is 26.1 Å². The molecule has 0 aromatic carbocycles. The maximum atomic E-state index is 12.3. The maximum Gasteiger partial charge on any atom is 0.220 e. The van der Waals surface area contributed by atoms with Gasteiger partial charge < -0.3 is 9.42 Å². The van der Waals surface area contributed by atoms with Crippen molar-refractivity contribution in [2.45, 2.75) is 12.2 Å². The predicted octanol–water partition coefficient (Wildman–Crippen LogP) is 0.821. The third-order valence-corrected chi connectivity index (χ3v) is 6.33. The molecule has 3 heterocycles. The Morgan fingerprint density at radius 1 is 1.23 bits per heavy atom. The summed E-state index contributed by atoms with van der Waals surface area (Å²) in [6, 6.07) is 3.62. The monoisotopic (exact) mass is 342 g/mol. The van der Waals surface area contributed by atoms with Crippen molar-refractivity contribution in [3.05, 3.63) is 35.2 Å². The van der Waals surface area contributed by atoms with Crippen LogP contribution in [0.25, 0.3) is 0 Å². The Labute approximate surface area is 133 Å². The molecule has 0 amide bonds. The van der Waals surface area contributed by atoms with Crippen molar-refractivity contribution in [2.24, 2.45) is 0 Å². The normalized spacial score (nSPS) is 17.8. The summed E-state index contributed by atoms with van der Waals surface area (Å²) in [5.41, 5.74) is 0.452. The van der Waals surface area contributed by atoms with E-state index in [1.165, 1.54) is 22.7 Å². The Morgan fingerprint density at radius 2 is 2.05 bits per heavy atom. The third kappa shape index (κ3) is 3.92. The molecule has 120 valence electrons. The Hall–Kier alpha value is -1.29. The van der Waals surface area contributed by atoms with Crippen molar-refractivity contribution in [3.8, 4) is 0 Å². The first kappa shape index (κ1) is 15.6. The minimum Gasteiger partial charge on any atom is -0.364 e. The summed E-state index contributed by atoms with van der Waals surface area (Å²) < 4.78 is 35.0. The minimum absolute atomic E-state index is 0.0929. The van der Waals surface area contributed by atoms with Crippen LogP contribution in [0.3, 0.4) is 0 Å². The van der Waals surface area contributed by atoms with Crippen LogP contribution in [0, 0.1) is 0 Å². The fourth-order valence-electron chi connectivity index (χ4n) is 2.46. The second-order valence-electron chi connectivity index (χ2n) is 5.22. The molecule has 3 rings (SSSR count). The van der Waals surface area contributed by atoms with Crippen LogP contribution in [0.2, 0.25) is 0 Å². The van der Waals surface area contributed by atoms with E-state index in [9.17, 15) is 8.42 Å². The van der Waals surface area contributed by atoms with Crippen molar-refractivity contribution < 1.29 is 12.9 Å². The third-order valence-electron chi connectivity index (χ3n) is 3.71. The molecular formula is C13H18N4O3S2. The Kier molecular flexibility index (Phi) is 4.87. The quantitative estimate of drug-likeness (QED) is 0.773. The van der Waals surface area contributed by atoms with Gasteiger partial charge in [0.05, 0.1) is 5.69 Å². The van der Waals surface area contributed by atoms with Gasteiger partial charge in [0.1, 0.15) is 12.0 Å². The van der Waals surface area contributed by atoms with Gasteiger partial charge in [-0.1, -0.05) is 5.16 Å². The highest BCUT2D eigenvalue weighted by molar-refractivity contribution is 7.88. The lowest BCUT2D eigenvalue weighted by Crippen LogP contribution is -2.49. The summed E-state index contributed by atoms with van der Waals surface area (Å²) in [7, 11) is -3.31. The molecule has 9 heteroatoms. The lowest BCUT2D eigenvalue weighted by Gasteiger charge is -2.33. The van der Waals surface area contributed by atoms with Crippen LogP contribution in [-0.4, -0.2) is 59.9 Å². The summed E-state index contributed by atoms with van der Waals surface area (Å²) in [6.07, 6.45) is 4.17. The number of sulfonamides is 1. The van der Waals surface area contributed by atoms with E-state index in [1.807, 2.05) is 12.3 Å². The molecule has 2 aromatic rings. The first-order valence-corrected chi connectivity index (χ1v) is 9.51. The van der Waals surface area contributed by atoms with Crippen molar-refractivity contribution >= 4 is 21.6 Å². The number of rotatable bonds is 6. The Morgan fingerprint density at radius 3 is 2.68 bits per heavy atom. The van der Waals surface area contributed by atoms with Crippen LogP contribution in [0.1, 0.15) is 10.6 Å². The molecule has 1 fully saturated rings. The summed E-state index contributed by atoms with van der Waals surface area (Å²) in [4.78, 5) is 3.56. The van der Waals surface area contributed by atoms with Crippen molar-refractivity contribution in [1.82, 2.24) is 18.7 Å².